The van der Waals surface area contributed by atoms with Crippen molar-refractivity contribution in [3.8, 4) is 0 Å². The van der Waals surface area contributed by atoms with Crippen LogP contribution >= 0.6 is 11.8 Å². The highest BCUT2D eigenvalue weighted by atomic mass is 32.2. The van der Waals surface area contributed by atoms with Gasteiger partial charge in [-0.1, -0.05) is 25.6 Å². The Morgan fingerprint density at radius 2 is 2.03 bits per heavy atom. The number of thioether (sulfide) groups is 1. The number of hydrogen-bond donors (Lipinski definition) is 2. The van der Waals surface area contributed by atoms with Crippen LogP contribution in [0.5, 0.6) is 0 Å². The number of anilines is 1. The van der Waals surface area contributed by atoms with E-state index in [-0.39, 0.29) is 5.91 Å². The monoisotopic (exact) mass is 434 g/mol. The number of carbonyl (C=O) groups excluding carboxylic acids is 2. The Morgan fingerprint density at radius 3 is 2.67 bits per heavy atom. The SMILES string of the molecule is CCNC(=O)NC(=O)[C@H](C)Sc1nnc(N2C[C@H](C)C[C@H](C)C2)n1Cc1ccco1. The average molecular weight is 435 g/mol. The minimum Gasteiger partial charge on any atom is -0.467 e. The summed E-state index contributed by atoms with van der Waals surface area (Å²) in [5.74, 6) is 2.33. The summed E-state index contributed by atoms with van der Waals surface area (Å²) in [6.45, 7) is 10.8. The topological polar surface area (TPSA) is 105 Å². The summed E-state index contributed by atoms with van der Waals surface area (Å²) in [7, 11) is 0. The zero-order valence-corrected chi connectivity index (χ0v) is 18.7. The first kappa shape index (κ1) is 22.2. The van der Waals surface area contributed by atoms with Gasteiger partial charge in [-0.05, 0) is 44.2 Å². The molecule has 3 amide bonds. The molecule has 10 heteroatoms. The summed E-state index contributed by atoms with van der Waals surface area (Å²) < 4.78 is 7.53. The normalized spacial score (nSPS) is 20.1. The molecule has 1 aliphatic rings. The predicted molar refractivity (Wildman–Crippen MR) is 116 cm³/mol. The quantitative estimate of drug-likeness (QED) is 0.646. The Hall–Kier alpha value is -2.49. The van der Waals surface area contributed by atoms with Crippen LogP contribution in [0.15, 0.2) is 28.0 Å². The van der Waals surface area contributed by atoms with E-state index in [0.29, 0.717) is 30.1 Å². The van der Waals surface area contributed by atoms with E-state index in [2.05, 4.69) is 39.6 Å². The van der Waals surface area contributed by atoms with Crippen molar-refractivity contribution in [2.75, 3.05) is 24.5 Å². The van der Waals surface area contributed by atoms with Gasteiger partial charge in [0.25, 0.3) is 0 Å². The number of piperidine rings is 1. The number of carbonyl (C=O) groups is 2. The lowest BCUT2D eigenvalue weighted by Gasteiger charge is -2.35. The van der Waals surface area contributed by atoms with Crippen molar-refractivity contribution in [3.63, 3.8) is 0 Å². The summed E-state index contributed by atoms with van der Waals surface area (Å²) in [4.78, 5) is 26.3. The lowest BCUT2D eigenvalue weighted by atomic mass is 9.92. The van der Waals surface area contributed by atoms with E-state index in [1.807, 2.05) is 16.7 Å². The molecule has 2 N–H and O–H groups in total. The molecular formula is C20H30N6O3S. The maximum atomic E-state index is 12.4. The van der Waals surface area contributed by atoms with Gasteiger partial charge >= 0.3 is 6.03 Å². The fourth-order valence-corrected chi connectivity index (χ4v) is 4.60. The van der Waals surface area contributed by atoms with Crippen LogP contribution in [0.2, 0.25) is 0 Å². The van der Waals surface area contributed by atoms with Crippen LogP contribution in [0.1, 0.15) is 39.9 Å². The van der Waals surface area contributed by atoms with Crippen LogP contribution in [-0.4, -0.2) is 51.6 Å². The van der Waals surface area contributed by atoms with Crippen molar-refractivity contribution >= 4 is 29.6 Å². The second-order valence-corrected chi connectivity index (χ2v) is 9.22. The third-order valence-electron chi connectivity index (χ3n) is 4.97. The molecular weight excluding hydrogens is 404 g/mol. The first-order valence-electron chi connectivity index (χ1n) is 10.3. The van der Waals surface area contributed by atoms with Gasteiger partial charge in [-0.15, -0.1) is 10.2 Å². The van der Waals surface area contributed by atoms with Gasteiger partial charge in [0.1, 0.15) is 5.76 Å². The highest BCUT2D eigenvalue weighted by molar-refractivity contribution is 8.00. The van der Waals surface area contributed by atoms with Gasteiger partial charge in [-0.2, -0.15) is 0 Å². The van der Waals surface area contributed by atoms with E-state index in [9.17, 15) is 9.59 Å². The number of aromatic nitrogens is 3. The molecule has 0 bridgehead atoms. The van der Waals surface area contributed by atoms with Crippen molar-refractivity contribution in [2.45, 2.75) is 51.1 Å². The number of imide groups is 1. The number of nitrogens with zero attached hydrogens (tertiary/aromatic N) is 4. The minimum absolute atomic E-state index is 0.375. The Labute approximate surface area is 181 Å². The van der Waals surface area contributed by atoms with Crippen LogP contribution in [0.25, 0.3) is 0 Å². The molecule has 9 nitrogen and oxygen atoms in total. The van der Waals surface area contributed by atoms with Gasteiger partial charge in [0.05, 0.1) is 18.1 Å². The predicted octanol–water partition coefficient (Wildman–Crippen LogP) is 2.73. The molecule has 164 valence electrons. The molecule has 0 unspecified atom stereocenters. The van der Waals surface area contributed by atoms with Crippen LogP contribution in [0, 0.1) is 11.8 Å². The molecule has 2 aromatic rings. The second-order valence-electron chi connectivity index (χ2n) is 7.91. The summed E-state index contributed by atoms with van der Waals surface area (Å²) in [5.41, 5.74) is 0. The summed E-state index contributed by atoms with van der Waals surface area (Å²) in [5, 5.41) is 13.8. The fraction of sp³-hybridized carbons (Fsp3) is 0.600. The standard InChI is InChI=1S/C20H30N6O3S/c1-5-21-18(28)22-17(27)15(4)30-20-24-23-19(25-10-13(2)9-14(3)11-25)26(20)12-16-7-6-8-29-16/h6-8,13-15H,5,9-12H2,1-4H3,(H2,21,22,27,28)/t13-,14+,15-/m0/s1. The van der Waals surface area contributed by atoms with Gasteiger partial charge in [0, 0.05) is 19.6 Å². The average Bonchev–Trinajstić information content (AvgIpc) is 3.32. The zero-order chi connectivity index (χ0) is 21.7. The second kappa shape index (κ2) is 10.0. The van der Waals surface area contributed by atoms with E-state index in [4.69, 9.17) is 4.42 Å². The Morgan fingerprint density at radius 1 is 1.30 bits per heavy atom. The van der Waals surface area contributed by atoms with Crippen LogP contribution in [-0.2, 0) is 11.3 Å². The number of hydrogen-bond acceptors (Lipinski definition) is 7. The summed E-state index contributed by atoms with van der Waals surface area (Å²) >= 11 is 1.28. The van der Waals surface area contributed by atoms with E-state index in [0.717, 1.165) is 24.8 Å². The number of rotatable bonds is 7. The lowest BCUT2D eigenvalue weighted by Crippen LogP contribution is -2.42. The molecule has 30 heavy (non-hydrogen) atoms. The van der Waals surface area contributed by atoms with Gasteiger partial charge in [-0.3, -0.25) is 14.7 Å². The lowest BCUT2D eigenvalue weighted by molar-refractivity contribution is -0.119. The molecule has 1 saturated heterocycles. The van der Waals surface area contributed by atoms with Crippen LogP contribution in [0.4, 0.5) is 10.7 Å². The molecule has 3 rings (SSSR count). The molecule has 1 fully saturated rings. The molecule has 1 aliphatic heterocycles. The smallest absolute Gasteiger partial charge is 0.321 e. The summed E-state index contributed by atoms with van der Waals surface area (Å²) in [6.07, 6.45) is 2.83. The van der Waals surface area contributed by atoms with E-state index in [1.54, 1.807) is 20.1 Å². The molecule has 0 aromatic carbocycles. The fourth-order valence-electron chi connectivity index (χ4n) is 3.76. The Kier molecular flexibility index (Phi) is 7.41. The first-order chi connectivity index (χ1) is 14.4. The maximum absolute atomic E-state index is 12.4. The molecule has 0 spiro atoms. The Bertz CT molecular complexity index is 843. The third-order valence-corrected chi connectivity index (χ3v) is 6.05. The third kappa shape index (κ3) is 5.56. The van der Waals surface area contributed by atoms with Gasteiger partial charge < -0.3 is 14.6 Å². The van der Waals surface area contributed by atoms with Gasteiger partial charge in [0.15, 0.2) is 5.16 Å². The highest BCUT2D eigenvalue weighted by Gasteiger charge is 2.28. The highest BCUT2D eigenvalue weighted by Crippen LogP contribution is 2.30. The van der Waals surface area contributed by atoms with Crippen LogP contribution in [0.3, 0.4) is 0 Å². The maximum Gasteiger partial charge on any atom is 0.321 e. The molecule has 3 heterocycles. The first-order valence-corrected chi connectivity index (χ1v) is 11.2. The van der Waals surface area contributed by atoms with Crippen molar-refractivity contribution in [1.82, 2.24) is 25.4 Å². The van der Waals surface area contributed by atoms with Crippen molar-refractivity contribution in [2.24, 2.45) is 11.8 Å². The number of furan rings is 1. The number of urea groups is 1. The summed E-state index contributed by atoms with van der Waals surface area (Å²) in [6, 6.07) is 3.26. The molecule has 0 radical (unpaired) electrons. The number of nitrogens with one attached hydrogen (secondary N) is 2. The molecule has 0 saturated carbocycles. The minimum atomic E-state index is -0.515. The Balaban J connectivity index is 1.80. The van der Waals surface area contributed by atoms with E-state index < -0.39 is 11.3 Å². The van der Waals surface area contributed by atoms with Crippen molar-refractivity contribution < 1.29 is 14.0 Å². The van der Waals surface area contributed by atoms with Crippen molar-refractivity contribution in [1.29, 1.82) is 0 Å². The van der Waals surface area contributed by atoms with Crippen LogP contribution < -0.4 is 15.5 Å². The largest absolute Gasteiger partial charge is 0.467 e. The van der Waals surface area contributed by atoms with Gasteiger partial charge in [0.2, 0.25) is 11.9 Å². The molecule has 3 atom stereocenters. The van der Waals surface area contributed by atoms with Crippen molar-refractivity contribution in [3.05, 3.63) is 24.2 Å². The van der Waals surface area contributed by atoms with E-state index in [1.165, 1.54) is 18.2 Å². The molecule has 2 aromatic heterocycles. The van der Waals surface area contributed by atoms with Gasteiger partial charge in [-0.25, -0.2) is 4.79 Å². The number of amides is 3. The van der Waals surface area contributed by atoms with E-state index >= 15 is 0 Å². The zero-order valence-electron chi connectivity index (χ0n) is 17.9. The molecule has 0 aliphatic carbocycles.